The molecule has 1 saturated heterocycles. The van der Waals surface area contributed by atoms with Crippen molar-refractivity contribution < 1.29 is 22.6 Å². The van der Waals surface area contributed by atoms with E-state index in [0.717, 1.165) is 34.2 Å². The van der Waals surface area contributed by atoms with Crippen molar-refractivity contribution in [2.45, 2.75) is 24.3 Å². The van der Waals surface area contributed by atoms with Crippen molar-refractivity contribution in [1.82, 2.24) is 14.3 Å². The van der Waals surface area contributed by atoms with Crippen molar-refractivity contribution in [1.29, 1.82) is 0 Å². The molecule has 3 aromatic rings. The van der Waals surface area contributed by atoms with Crippen LogP contribution < -0.4 is 14.4 Å². The fourth-order valence-corrected chi connectivity index (χ4v) is 6.01. The van der Waals surface area contributed by atoms with Crippen LogP contribution in [0.3, 0.4) is 0 Å². The molecule has 0 bridgehead atoms. The van der Waals surface area contributed by atoms with Crippen molar-refractivity contribution in [3.63, 3.8) is 0 Å². The summed E-state index contributed by atoms with van der Waals surface area (Å²) in [5, 5.41) is 0. The van der Waals surface area contributed by atoms with E-state index in [4.69, 9.17) is 24.2 Å². The van der Waals surface area contributed by atoms with E-state index >= 15 is 0 Å². The molecule has 2 aromatic carbocycles. The maximum atomic E-state index is 13.5. The highest BCUT2D eigenvalue weighted by molar-refractivity contribution is 7.89. The number of methoxy groups -OCH3 is 2. The molecular formula is C26H30N4O5S. The fraction of sp³-hybridized carbons (Fsp3) is 0.385. The topological polar surface area (TPSA) is 94.1 Å². The molecule has 2 aliphatic heterocycles. The minimum Gasteiger partial charge on any atom is -0.497 e. The number of anilines is 1. The first-order valence-electron chi connectivity index (χ1n) is 12.0. The molecule has 0 spiro atoms. The number of morpholine rings is 1. The van der Waals surface area contributed by atoms with Gasteiger partial charge in [0, 0.05) is 44.6 Å². The minimum absolute atomic E-state index is 0.232. The Balaban J connectivity index is 1.48. The average molecular weight is 511 g/mol. The highest BCUT2D eigenvalue weighted by atomic mass is 32.2. The van der Waals surface area contributed by atoms with Crippen LogP contribution in [0.15, 0.2) is 53.4 Å². The molecule has 0 N–H and O–H groups in total. The van der Waals surface area contributed by atoms with Crippen molar-refractivity contribution in [2.24, 2.45) is 0 Å². The number of hydrogen-bond donors (Lipinski definition) is 0. The highest BCUT2D eigenvalue weighted by Crippen LogP contribution is 2.31. The van der Waals surface area contributed by atoms with Gasteiger partial charge in [-0.1, -0.05) is 12.1 Å². The summed E-state index contributed by atoms with van der Waals surface area (Å²) in [7, 11) is -0.473. The van der Waals surface area contributed by atoms with E-state index in [-0.39, 0.29) is 11.4 Å². The standard InChI is InChI=1S/C26H30N4O5S/c1-33-20-6-8-22(9-7-20)36(31,32)30-11-10-24-23(18-30)26(29-12-14-35-15-13-29)28-25(27-24)17-19-4-3-5-21(16-19)34-2/h3-9,16H,10-15,17-18H2,1-2H3. The lowest BCUT2D eigenvalue weighted by atomic mass is 10.1. The predicted molar refractivity (Wildman–Crippen MR) is 135 cm³/mol. The van der Waals surface area contributed by atoms with Gasteiger partial charge in [0.15, 0.2) is 0 Å². The Labute approximate surface area is 211 Å². The molecular weight excluding hydrogens is 480 g/mol. The third kappa shape index (κ3) is 5.02. The van der Waals surface area contributed by atoms with Gasteiger partial charge in [-0.25, -0.2) is 18.4 Å². The Morgan fingerprint density at radius 1 is 0.944 bits per heavy atom. The number of benzene rings is 2. The summed E-state index contributed by atoms with van der Waals surface area (Å²) in [5.74, 6) is 2.92. The first-order valence-corrected chi connectivity index (χ1v) is 13.4. The first-order chi connectivity index (χ1) is 17.5. The fourth-order valence-electron chi connectivity index (χ4n) is 4.60. The van der Waals surface area contributed by atoms with Crippen LogP contribution >= 0.6 is 0 Å². The van der Waals surface area contributed by atoms with E-state index in [2.05, 4.69) is 4.90 Å². The molecule has 0 aliphatic carbocycles. The number of fused-ring (bicyclic) bond motifs is 1. The van der Waals surface area contributed by atoms with Gasteiger partial charge in [0.05, 0.1) is 38.0 Å². The van der Waals surface area contributed by atoms with E-state index in [1.807, 2.05) is 24.3 Å². The molecule has 0 amide bonds. The lowest BCUT2D eigenvalue weighted by Crippen LogP contribution is -2.41. The van der Waals surface area contributed by atoms with Crippen LogP contribution in [0.2, 0.25) is 0 Å². The van der Waals surface area contributed by atoms with Gasteiger partial charge in [-0.3, -0.25) is 0 Å². The van der Waals surface area contributed by atoms with Crippen molar-refractivity contribution >= 4 is 15.8 Å². The number of rotatable bonds is 7. The van der Waals surface area contributed by atoms with Crippen LogP contribution in [0, 0.1) is 0 Å². The third-order valence-electron chi connectivity index (χ3n) is 6.55. The van der Waals surface area contributed by atoms with Gasteiger partial charge >= 0.3 is 0 Å². The Bertz CT molecular complexity index is 1320. The molecule has 5 rings (SSSR count). The zero-order valence-electron chi connectivity index (χ0n) is 20.5. The molecule has 36 heavy (non-hydrogen) atoms. The maximum absolute atomic E-state index is 13.5. The number of nitrogens with zero attached hydrogens (tertiary/aromatic N) is 4. The van der Waals surface area contributed by atoms with Crippen LogP contribution in [0.5, 0.6) is 11.5 Å². The maximum Gasteiger partial charge on any atom is 0.243 e. The van der Waals surface area contributed by atoms with Gasteiger partial charge in [0.1, 0.15) is 23.1 Å². The van der Waals surface area contributed by atoms with Crippen molar-refractivity contribution in [3.8, 4) is 11.5 Å². The number of sulfonamides is 1. The van der Waals surface area contributed by atoms with E-state index in [1.54, 1.807) is 38.5 Å². The van der Waals surface area contributed by atoms with Gasteiger partial charge < -0.3 is 19.1 Å². The summed E-state index contributed by atoms with van der Waals surface area (Å²) in [6, 6.07) is 14.4. The zero-order valence-corrected chi connectivity index (χ0v) is 21.3. The normalized spacial score (nSPS) is 16.4. The summed E-state index contributed by atoms with van der Waals surface area (Å²) < 4.78 is 44.5. The molecule has 3 heterocycles. The van der Waals surface area contributed by atoms with Gasteiger partial charge in [0.2, 0.25) is 10.0 Å². The second-order valence-corrected chi connectivity index (χ2v) is 10.7. The highest BCUT2D eigenvalue weighted by Gasteiger charge is 2.32. The van der Waals surface area contributed by atoms with Crippen LogP contribution in [0.1, 0.15) is 22.6 Å². The minimum atomic E-state index is -3.68. The number of hydrogen-bond acceptors (Lipinski definition) is 8. The van der Waals surface area contributed by atoms with Crippen LogP contribution in [0.25, 0.3) is 0 Å². The summed E-state index contributed by atoms with van der Waals surface area (Å²) in [4.78, 5) is 12.3. The Hall–Kier alpha value is -3.21. The Kier molecular flexibility index (Phi) is 7.08. The molecule has 9 nitrogen and oxygen atoms in total. The van der Waals surface area contributed by atoms with E-state index in [0.29, 0.717) is 51.4 Å². The Morgan fingerprint density at radius 2 is 1.69 bits per heavy atom. The molecule has 190 valence electrons. The summed E-state index contributed by atoms with van der Waals surface area (Å²) in [6.45, 7) is 3.21. The monoisotopic (exact) mass is 510 g/mol. The van der Waals surface area contributed by atoms with Gasteiger partial charge in [-0.2, -0.15) is 4.31 Å². The number of aromatic nitrogens is 2. The molecule has 1 aromatic heterocycles. The van der Waals surface area contributed by atoms with Crippen LogP contribution in [0.4, 0.5) is 5.82 Å². The van der Waals surface area contributed by atoms with Crippen LogP contribution in [-0.4, -0.2) is 69.8 Å². The van der Waals surface area contributed by atoms with E-state index in [1.165, 1.54) is 4.31 Å². The van der Waals surface area contributed by atoms with Crippen LogP contribution in [-0.2, 0) is 34.1 Å². The lowest BCUT2D eigenvalue weighted by molar-refractivity contribution is 0.122. The van der Waals surface area contributed by atoms with E-state index in [9.17, 15) is 8.42 Å². The predicted octanol–water partition coefficient (Wildman–Crippen LogP) is 2.67. The molecule has 2 aliphatic rings. The van der Waals surface area contributed by atoms with Crippen molar-refractivity contribution in [2.75, 3.05) is 52.0 Å². The summed E-state index contributed by atoms with van der Waals surface area (Å²) in [6.07, 6.45) is 1.09. The Morgan fingerprint density at radius 3 is 2.42 bits per heavy atom. The SMILES string of the molecule is COc1ccc(S(=O)(=O)N2CCc3nc(Cc4cccc(OC)c4)nc(N4CCOCC4)c3C2)cc1. The molecule has 0 radical (unpaired) electrons. The zero-order chi connectivity index (χ0) is 25.1. The second-order valence-electron chi connectivity index (χ2n) is 8.78. The van der Waals surface area contributed by atoms with Gasteiger partial charge in [-0.15, -0.1) is 0 Å². The van der Waals surface area contributed by atoms with Crippen molar-refractivity contribution in [3.05, 3.63) is 71.2 Å². The summed E-state index contributed by atoms with van der Waals surface area (Å²) >= 11 is 0. The smallest absolute Gasteiger partial charge is 0.243 e. The third-order valence-corrected chi connectivity index (χ3v) is 8.41. The molecule has 0 saturated carbocycles. The van der Waals surface area contributed by atoms with E-state index < -0.39 is 10.0 Å². The second kappa shape index (κ2) is 10.4. The average Bonchev–Trinajstić information content (AvgIpc) is 2.93. The quantitative estimate of drug-likeness (QED) is 0.479. The van der Waals surface area contributed by atoms with Gasteiger partial charge in [-0.05, 0) is 42.0 Å². The largest absolute Gasteiger partial charge is 0.497 e. The van der Waals surface area contributed by atoms with Gasteiger partial charge in [0.25, 0.3) is 0 Å². The summed E-state index contributed by atoms with van der Waals surface area (Å²) in [5.41, 5.74) is 2.84. The molecule has 1 fully saturated rings. The molecule has 0 unspecified atom stereocenters. The first kappa shape index (κ1) is 24.5. The molecule has 0 atom stereocenters. The molecule has 10 heteroatoms. The lowest BCUT2D eigenvalue weighted by Gasteiger charge is -2.34. The number of ether oxygens (including phenoxy) is 3.